The monoisotopic (exact) mass is 243 g/mol. The van der Waals surface area contributed by atoms with E-state index in [9.17, 15) is 9.59 Å². The van der Waals surface area contributed by atoms with Gasteiger partial charge in [-0.3, -0.25) is 14.5 Å². The summed E-state index contributed by atoms with van der Waals surface area (Å²) >= 11 is 0. The molecule has 0 aliphatic carbocycles. The van der Waals surface area contributed by atoms with Gasteiger partial charge in [-0.15, -0.1) is 0 Å². The highest BCUT2D eigenvalue weighted by molar-refractivity contribution is 5.78. The standard InChI is InChI=1S/C11H21N3O3/c1-9(6-10(12)15)7-11(16)13-8-14-2-4-17-5-3-14/h9H,2-8H2,1H3,(H2,12,15)(H,13,16)/t9-/m1/s1. The first-order valence-electron chi connectivity index (χ1n) is 5.93. The van der Waals surface area contributed by atoms with Crippen molar-refractivity contribution in [2.75, 3.05) is 33.0 Å². The van der Waals surface area contributed by atoms with Crippen LogP contribution in [0.2, 0.25) is 0 Å². The summed E-state index contributed by atoms with van der Waals surface area (Å²) in [5.74, 6) is -0.402. The van der Waals surface area contributed by atoms with Gasteiger partial charge in [0.25, 0.3) is 0 Å². The number of primary amides is 1. The Balaban J connectivity index is 2.13. The van der Waals surface area contributed by atoms with Gasteiger partial charge < -0.3 is 15.8 Å². The van der Waals surface area contributed by atoms with Crippen LogP contribution < -0.4 is 11.1 Å². The van der Waals surface area contributed by atoms with Crippen LogP contribution in [0.25, 0.3) is 0 Å². The lowest BCUT2D eigenvalue weighted by atomic mass is 10.0. The first-order valence-corrected chi connectivity index (χ1v) is 5.93. The number of carbonyl (C=O) groups is 2. The number of hydrogen-bond acceptors (Lipinski definition) is 4. The molecule has 0 radical (unpaired) electrons. The van der Waals surface area contributed by atoms with Crippen LogP contribution in [0.3, 0.4) is 0 Å². The van der Waals surface area contributed by atoms with Crippen molar-refractivity contribution in [3.8, 4) is 0 Å². The maximum atomic E-state index is 11.6. The Labute approximate surface area is 101 Å². The minimum atomic E-state index is -0.363. The van der Waals surface area contributed by atoms with Gasteiger partial charge in [-0.2, -0.15) is 0 Å². The first kappa shape index (κ1) is 13.9. The van der Waals surface area contributed by atoms with E-state index in [1.54, 1.807) is 0 Å². The normalized spacial score (nSPS) is 18.6. The molecule has 0 saturated carbocycles. The first-order chi connectivity index (χ1) is 8.08. The SMILES string of the molecule is C[C@H](CC(N)=O)CC(=O)NCN1CCOCC1. The molecule has 6 heteroatoms. The van der Waals surface area contributed by atoms with E-state index in [1.807, 2.05) is 6.92 Å². The lowest BCUT2D eigenvalue weighted by Gasteiger charge is -2.26. The Kier molecular flexibility index (Phi) is 5.93. The van der Waals surface area contributed by atoms with Gasteiger partial charge in [-0.05, 0) is 5.92 Å². The van der Waals surface area contributed by atoms with Crippen LogP contribution in [0.5, 0.6) is 0 Å². The molecular weight excluding hydrogens is 222 g/mol. The summed E-state index contributed by atoms with van der Waals surface area (Å²) in [6, 6.07) is 0. The molecule has 0 spiro atoms. The lowest BCUT2D eigenvalue weighted by molar-refractivity contribution is -0.123. The number of carbonyl (C=O) groups excluding carboxylic acids is 2. The molecule has 1 saturated heterocycles. The predicted molar refractivity (Wildman–Crippen MR) is 63.0 cm³/mol. The third kappa shape index (κ3) is 6.23. The average Bonchev–Trinajstić information content (AvgIpc) is 2.26. The van der Waals surface area contributed by atoms with Crippen LogP contribution in [0.4, 0.5) is 0 Å². The number of morpholine rings is 1. The Morgan fingerprint density at radius 3 is 2.59 bits per heavy atom. The number of amides is 2. The highest BCUT2D eigenvalue weighted by Crippen LogP contribution is 2.06. The zero-order valence-electron chi connectivity index (χ0n) is 10.3. The molecule has 0 unspecified atom stereocenters. The van der Waals surface area contributed by atoms with Gasteiger partial charge in [0.15, 0.2) is 0 Å². The average molecular weight is 243 g/mol. The van der Waals surface area contributed by atoms with Crippen molar-refractivity contribution in [3.05, 3.63) is 0 Å². The van der Waals surface area contributed by atoms with Gasteiger partial charge >= 0.3 is 0 Å². The van der Waals surface area contributed by atoms with Gasteiger partial charge in [0.2, 0.25) is 11.8 Å². The molecule has 3 N–H and O–H groups in total. The number of nitrogens with two attached hydrogens (primary N) is 1. The van der Waals surface area contributed by atoms with E-state index in [-0.39, 0.29) is 24.2 Å². The van der Waals surface area contributed by atoms with E-state index in [0.717, 1.165) is 13.1 Å². The fraction of sp³-hybridized carbons (Fsp3) is 0.818. The van der Waals surface area contributed by atoms with E-state index < -0.39 is 0 Å². The van der Waals surface area contributed by atoms with E-state index in [0.29, 0.717) is 26.3 Å². The van der Waals surface area contributed by atoms with Crippen molar-refractivity contribution >= 4 is 11.8 Å². The second-order valence-corrected chi connectivity index (χ2v) is 4.47. The molecule has 0 aromatic carbocycles. The second-order valence-electron chi connectivity index (χ2n) is 4.47. The third-order valence-corrected chi connectivity index (χ3v) is 2.69. The van der Waals surface area contributed by atoms with Crippen LogP contribution in [0.15, 0.2) is 0 Å². The highest BCUT2D eigenvalue weighted by atomic mass is 16.5. The Hall–Kier alpha value is -1.14. The minimum Gasteiger partial charge on any atom is -0.379 e. The topological polar surface area (TPSA) is 84.7 Å². The van der Waals surface area contributed by atoms with Gasteiger partial charge in [0, 0.05) is 25.9 Å². The van der Waals surface area contributed by atoms with Crippen molar-refractivity contribution in [2.45, 2.75) is 19.8 Å². The summed E-state index contributed by atoms with van der Waals surface area (Å²) in [6.07, 6.45) is 0.595. The predicted octanol–water partition coefficient (Wildman–Crippen LogP) is -0.706. The summed E-state index contributed by atoms with van der Waals surface area (Å²) in [5.41, 5.74) is 5.07. The Morgan fingerprint density at radius 1 is 1.35 bits per heavy atom. The molecule has 1 fully saturated rings. The molecule has 1 atom stereocenters. The molecule has 1 rings (SSSR count). The number of hydrogen-bond donors (Lipinski definition) is 2. The zero-order valence-corrected chi connectivity index (χ0v) is 10.3. The Bertz CT molecular complexity index is 265. The molecule has 0 aromatic rings. The minimum absolute atomic E-state index is 0.00260. The number of rotatable bonds is 6. The molecule has 1 aliphatic rings. The summed E-state index contributed by atoms with van der Waals surface area (Å²) in [5, 5.41) is 2.84. The number of nitrogens with zero attached hydrogens (tertiary/aromatic N) is 1. The summed E-state index contributed by atoms with van der Waals surface area (Å²) in [6.45, 7) is 5.51. The Morgan fingerprint density at radius 2 is 2.00 bits per heavy atom. The van der Waals surface area contributed by atoms with Crippen LogP contribution in [-0.4, -0.2) is 49.7 Å². The zero-order chi connectivity index (χ0) is 12.7. The van der Waals surface area contributed by atoms with Crippen molar-refractivity contribution < 1.29 is 14.3 Å². The van der Waals surface area contributed by atoms with Crippen LogP contribution >= 0.6 is 0 Å². The van der Waals surface area contributed by atoms with Crippen molar-refractivity contribution in [1.82, 2.24) is 10.2 Å². The van der Waals surface area contributed by atoms with Crippen LogP contribution in [-0.2, 0) is 14.3 Å². The quantitative estimate of drug-likeness (QED) is 0.645. The molecule has 6 nitrogen and oxygen atoms in total. The van der Waals surface area contributed by atoms with Gasteiger partial charge in [0.05, 0.1) is 19.9 Å². The number of ether oxygens (including phenoxy) is 1. The van der Waals surface area contributed by atoms with E-state index in [4.69, 9.17) is 10.5 Å². The fourth-order valence-electron chi connectivity index (χ4n) is 1.76. The lowest BCUT2D eigenvalue weighted by Crippen LogP contribution is -2.44. The van der Waals surface area contributed by atoms with Crippen molar-refractivity contribution in [2.24, 2.45) is 11.7 Å². The molecule has 1 heterocycles. The van der Waals surface area contributed by atoms with Crippen LogP contribution in [0.1, 0.15) is 19.8 Å². The molecule has 1 aliphatic heterocycles. The largest absolute Gasteiger partial charge is 0.379 e. The van der Waals surface area contributed by atoms with Gasteiger partial charge in [-0.1, -0.05) is 6.92 Å². The van der Waals surface area contributed by atoms with Crippen molar-refractivity contribution in [3.63, 3.8) is 0 Å². The highest BCUT2D eigenvalue weighted by Gasteiger charge is 2.14. The molecule has 0 aromatic heterocycles. The molecular formula is C11H21N3O3. The molecule has 2 amide bonds. The van der Waals surface area contributed by atoms with E-state index >= 15 is 0 Å². The molecule has 0 bridgehead atoms. The van der Waals surface area contributed by atoms with E-state index in [1.165, 1.54) is 0 Å². The summed E-state index contributed by atoms with van der Waals surface area (Å²) < 4.78 is 5.21. The maximum Gasteiger partial charge on any atom is 0.221 e. The fourth-order valence-corrected chi connectivity index (χ4v) is 1.76. The maximum absolute atomic E-state index is 11.6. The molecule has 17 heavy (non-hydrogen) atoms. The third-order valence-electron chi connectivity index (χ3n) is 2.69. The number of nitrogens with one attached hydrogen (secondary N) is 1. The smallest absolute Gasteiger partial charge is 0.221 e. The van der Waals surface area contributed by atoms with Crippen molar-refractivity contribution in [1.29, 1.82) is 0 Å². The molecule has 98 valence electrons. The summed E-state index contributed by atoms with van der Waals surface area (Å²) in [4.78, 5) is 24.3. The van der Waals surface area contributed by atoms with Gasteiger partial charge in [-0.25, -0.2) is 0 Å². The van der Waals surface area contributed by atoms with E-state index in [2.05, 4.69) is 10.2 Å². The van der Waals surface area contributed by atoms with Crippen LogP contribution in [0, 0.1) is 5.92 Å². The van der Waals surface area contributed by atoms with Gasteiger partial charge in [0.1, 0.15) is 0 Å². The summed E-state index contributed by atoms with van der Waals surface area (Å²) in [7, 11) is 0. The second kappa shape index (κ2) is 7.24.